The Hall–Kier alpha value is -1.58. The fraction of sp³-hybridized carbons (Fsp3) is 0.125. The normalized spacial score (nSPS) is 10.5. The van der Waals surface area contributed by atoms with Gasteiger partial charge in [-0.3, -0.25) is 0 Å². The van der Waals surface area contributed by atoms with E-state index in [1.807, 2.05) is 22.7 Å². The van der Waals surface area contributed by atoms with Crippen LogP contribution in [-0.4, -0.2) is 0 Å². The maximum atomic E-state index is 2.43. The molecule has 0 aliphatic carbocycles. The lowest BCUT2D eigenvalue weighted by molar-refractivity contribution is 0.819. The number of rotatable bonds is 5. The minimum absolute atomic E-state index is 0.972. The Morgan fingerprint density at radius 1 is 0.684 bits per heavy atom. The summed E-state index contributed by atoms with van der Waals surface area (Å²) in [7, 11) is 0. The molecule has 2 aromatic heterocycles. The molecule has 0 spiro atoms. The molecular weight excluding hydrogens is 270 g/mol. The summed E-state index contributed by atoms with van der Waals surface area (Å²) in [6.07, 6.45) is 0. The Labute approximate surface area is 121 Å². The van der Waals surface area contributed by atoms with Crippen LogP contribution in [0.5, 0.6) is 0 Å². The quantitative estimate of drug-likeness (QED) is 0.636. The number of nitrogens with zero attached hydrogens (tertiary/aromatic N) is 1. The van der Waals surface area contributed by atoms with Crippen molar-refractivity contribution in [1.29, 1.82) is 0 Å². The Balaban J connectivity index is 1.83. The molecule has 1 nitrogen and oxygen atoms in total. The third kappa shape index (κ3) is 3.25. The van der Waals surface area contributed by atoms with E-state index >= 15 is 0 Å². The predicted molar refractivity (Wildman–Crippen MR) is 85.0 cm³/mol. The molecule has 19 heavy (non-hydrogen) atoms. The van der Waals surface area contributed by atoms with E-state index in [1.54, 1.807) is 0 Å². The van der Waals surface area contributed by atoms with Crippen LogP contribution in [0.25, 0.3) is 0 Å². The minimum Gasteiger partial charge on any atom is -0.361 e. The van der Waals surface area contributed by atoms with E-state index in [-0.39, 0.29) is 0 Å². The lowest BCUT2D eigenvalue weighted by Crippen LogP contribution is -2.20. The molecule has 1 aromatic carbocycles. The highest BCUT2D eigenvalue weighted by molar-refractivity contribution is 7.10. The zero-order valence-electron chi connectivity index (χ0n) is 10.5. The van der Waals surface area contributed by atoms with Crippen LogP contribution in [0.15, 0.2) is 65.4 Å². The van der Waals surface area contributed by atoms with Gasteiger partial charge in [0.25, 0.3) is 0 Å². The maximum absolute atomic E-state index is 2.43. The van der Waals surface area contributed by atoms with Gasteiger partial charge in [-0.1, -0.05) is 30.3 Å². The summed E-state index contributed by atoms with van der Waals surface area (Å²) >= 11 is 3.64. The molecule has 0 aliphatic heterocycles. The molecule has 0 saturated heterocycles. The molecule has 0 N–H and O–H groups in total. The molecule has 0 unspecified atom stereocenters. The molecular formula is C16H15NS2. The van der Waals surface area contributed by atoms with Crippen LogP contribution in [0.3, 0.4) is 0 Å². The minimum atomic E-state index is 0.972. The molecule has 0 bridgehead atoms. The zero-order valence-corrected chi connectivity index (χ0v) is 12.2. The van der Waals surface area contributed by atoms with E-state index in [4.69, 9.17) is 0 Å². The summed E-state index contributed by atoms with van der Waals surface area (Å²) < 4.78 is 0. The molecule has 0 saturated carbocycles. The molecule has 0 aliphatic rings. The van der Waals surface area contributed by atoms with Crippen LogP contribution in [0.1, 0.15) is 9.75 Å². The van der Waals surface area contributed by atoms with Crippen molar-refractivity contribution in [2.24, 2.45) is 0 Å². The number of thiophene rings is 2. The second-order valence-electron chi connectivity index (χ2n) is 4.35. The fourth-order valence-electron chi connectivity index (χ4n) is 2.06. The number of anilines is 1. The summed E-state index contributed by atoms with van der Waals surface area (Å²) in [5, 5.41) is 4.29. The van der Waals surface area contributed by atoms with Crippen LogP contribution in [0.2, 0.25) is 0 Å². The van der Waals surface area contributed by atoms with E-state index in [1.165, 1.54) is 15.4 Å². The summed E-state index contributed by atoms with van der Waals surface area (Å²) in [5.74, 6) is 0. The molecule has 3 aromatic rings. The molecule has 3 heteroatoms. The van der Waals surface area contributed by atoms with Gasteiger partial charge in [0.1, 0.15) is 0 Å². The van der Waals surface area contributed by atoms with Crippen molar-refractivity contribution in [2.45, 2.75) is 13.1 Å². The summed E-state index contributed by atoms with van der Waals surface area (Å²) in [6.45, 7) is 1.94. The van der Waals surface area contributed by atoms with Gasteiger partial charge in [-0.2, -0.15) is 0 Å². The average Bonchev–Trinajstić information content (AvgIpc) is 3.12. The van der Waals surface area contributed by atoms with Crippen molar-refractivity contribution in [2.75, 3.05) is 4.90 Å². The first kappa shape index (κ1) is 12.5. The van der Waals surface area contributed by atoms with Gasteiger partial charge in [0.05, 0.1) is 13.1 Å². The molecule has 0 radical (unpaired) electrons. The van der Waals surface area contributed by atoms with Crippen LogP contribution in [0.4, 0.5) is 5.69 Å². The third-order valence-electron chi connectivity index (χ3n) is 2.97. The topological polar surface area (TPSA) is 3.24 Å². The van der Waals surface area contributed by atoms with Gasteiger partial charge in [0.2, 0.25) is 0 Å². The van der Waals surface area contributed by atoms with Crippen molar-refractivity contribution in [3.63, 3.8) is 0 Å². The van der Waals surface area contributed by atoms with Gasteiger partial charge in [-0.25, -0.2) is 0 Å². The average molecular weight is 285 g/mol. The van der Waals surface area contributed by atoms with E-state index in [9.17, 15) is 0 Å². The summed E-state index contributed by atoms with van der Waals surface area (Å²) in [4.78, 5) is 5.23. The highest BCUT2D eigenvalue weighted by Crippen LogP contribution is 2.23. The highest BCUT2D eigenvalue weighted by atomic mass is 32.1. The molecule has 0 fully saturated rings. The highest BCUT2D eigenvalue weighted by Gasteiger charge is 2.09. The summed E-state index contributed by atoms with van der Waals surface area (Å²) in [5.41, 5.74) is 1.28. The van der Waals surface area contributed by atoms with Gasteiger partial charge >= 0.3 is 0 Å². The second-order valence-corrected chi connectivity index (χ2v) is 6.41. The van der Waals surface area contributed by atoms with Crippen molar-refractivity contribution in [1.82, 2.24) is 0 Å². The van der Waals surface area contributed by atoms with Crippen LogP contribution < -0.4 is 4.90 Å². The first-order valence-corrected chi connectivity index (χ1v) is 8.02. The van der Waals surface area contributed by atoms with E-state index < -0.39 is 0 Å². The van der Waals surface area contributed by atoms with E-state index in [0.29, 0.717) is 0 Å². The fourth-order valence-corrected chi connectivity index (χ4v) is 3.50. The molecule has 96 valence electrons. The van der Waals surface area contributed by atoms with Crippen molar-refractivity contribution < 1.29 is 0 Å². The summed E-state index contributed by atoms with van der Waals surface area (Å²) in [6, 6.07) is 19.3. The Morgan fingerprint density at radius 2 is 1.26 bits per heavy atom. The van der Waals surface area contributed by atoms with E-state index in [2.05, 4.69) is 70.3 Å². The Morgan fingerprint density at radius 3 is 1.74 bits per heavy atom. The van der Waals surface area contributed by atoms with Crippen LogP contribution in [-0.2, 0) is 13.1 Å². The largest absolute Gasteiger partial charge is 0.361 e. The van der Waals surface area contributed by atoms with E-state index in [0.717, 1.165) is 13.1 Å². The maximum Gasteiger partial charge on any atom is 0.0526 e. The number of hydrogen-bond donors (Lipinski definition) is 0. The van der Waals surface area contributed by atoms with Gasteiger partial charge in [0, 0.05) is 15.4 Å². The van der Waals surface area contributed by atoms with Crippen LogP contribution >= 0.6 is 22.7 Å². The lowest BCUT2D eigenvalue weighted by atomic mass is 10.2. The predicted octanol–water partition coefficient (Wildman–Crippen LogP) is 5.02. The smallest absolute Gasteiger partial charge is 0.0526 e. The molecule has 0 amide bonds. The molecule has 3 rings (SSSR count). The molecule has 0 atom stereocenters. The van der Waals surface area contributed by atoms with Gasteiger partial charge in [-0.15, -0.1) is 22.7 Å². The number of para-hydroxylation sites is 1. The van der Waals surface area contributed by atoms with Crippen molar-refractivity contribution >= 4 is 28.4 Å². The number of benzene rings is 1. The SMILES string of the molecule is c1ccc(N(Cc2cccs2)Cc2cccs2)cc1. The van der Waals surface area contributed by atoms with Crippen molar-refractivity contribution in [3.8, 4) is 0 Å². The number of hydrogen-bond acceptors (Lipinski definition) is 3. The first-order valence-electron chi connectivity index (χ1n) is 6.26. The zero-order chi connectivity index (χ0) is 12.9. The van der Waals surface area contributed by atoms with Crippen LogP contribution in [0, 0.1) is 0 Å². The van der Waals surface area contributed by atoms with Gasteiger partial charge in [0.15, 0.2) is 0 Å². The van der Waals surface area contributed by atoms with Gasteiger partial charge < -0.3 is 4.90 Å². The Bertz CT molecular complexity index is 549. The molecule has 2 heterocycles. The monoisotopic (exact) mass is 285 g/mol. The van der Waals surface area contributed by atoms with Crippen molar-refractivity contribution in [3.05, 3.63) is 75.1 Å². The van der Waals surface area contributed by atoms with Gasteiger partial charge in [-0.05, 0) is 35.0 Å². The standard InChI is InChI=1S/C16H15NS2/c1-2-6-14(7-3-1)17(12-15-8-4-10-18-15)13-16-9-5-11-19-16/h1-11H,12-13H2. The lowest BCUT2D eigenvalue weighted by Gasteiger charge is -2.23. The second kappa shape index (κ2) is 6.04. The third-order valence-corrected chi connectivity index (χ3v) is 4.70. The Kier molecular flexibility index (Phi) is 3.96. The first-order chi connectivity index (χ1) is 9.42.